The SMILES string of the molecule is N#Cc1ccc(CCC(=O)Nc2cccc(OC(F)(F)F)c2)cc1. The Bertz CT molecular complexity index is 750. The van der Waals surface area contributed by atoms with Crippen LogP contribution in [0.15, 0.2) is 48.5 Å². The Labute approximate surface area is 136 Å². The molecular weight excluding hydrogens is 321 g/mol. The average Bonchev–Trinajstić information content (AvgIpc) is 2.52. The summed E-state index contributed by atoms with van der Waals surface area (Å²) in [5, 5.41) is 11.2. The van der Waals surface area contributed by atoms with Crippen molar-refractivity contribution in [3.8, 4) is 11.8 Å². The number of nitrogens with one attached hydrogen (secondary N) is 1. The van der Waals surface area contributed by atoms with Crippen LogP contribution in [0.5, 0.6) is 5.75 Å². The van der Waals surface area contributed by atoms with Gasteiger partial charge in [0.1, 0.15) is 5.75 Å². The van der Waals surface area contributed by atoms with Gasteiger partial charge in [0.15, 0.2) is 0 Å². The van der Waals surface area contributed by atoms with Crippen molar-refractivity contribution in [2.45, 2.75) is 19.2 Å². The van der Waals surface area contributed by atoms with Gasteiger partial charge in [-0.2, -0.15) is 5.26 Å². The van der Waals surface area contributed by atoms with E-state index in [9.17, 15) is 18.0 Å². The fourth-order valence-corrected chi connectivity index (χ4v) is 2.00. The number of nitrogens with zero attached hydrogens (tertiary/aromatic N) is 1. The predicted octanol–water partition coefficient (Wildman–Crippen LogP) is 4.03. The first kappa shape index (κ1) is 17.3. The number of anilines is 1. The summed E-state index contributed by atoms with van der Waals surface area (Å²) < 4.78 is 40.3. The van der Waals surface area contributed by atoms with Crippen molar-refractivity contribution in [1.82, 2.24) is 0 Å². The third kappa shape index (κ3) is 5.65. The van der Waals surface area contributed by atoms with Gasteiger partial charge in [0.05, 0.1) is 11.6 Å². The van der Waals surface area contributed by atoms with E-state index in [1.54, 1.807) is 24.3 Å². The van der Waals surface area contributed by atoms with E-state index in [4.69, 9.17) is 5.26 Å². The molecule has 1 N–H and O–H groups in total. The van der Waals surface area contributed by atoms with Gasteiger partial charge >= 0.3 is 6.36 Å². The number of carbonyl (C=O) groups is 1. The summed E-state index contributed by atoms with van der Waals surface area (Å²) >= 11 is 0. The number of halogens is 3. The van der Waals surface area contributed by atoms with Gasteiger partial charge in [0.2, 0.25) is 5.91 Å². The maximum absolute atomic E-state index is 12.2. The lowest BCUT2D eigenvalue weighted by atomic mass is 10.1. The van der Waals surface area contributed by atoms with Crippen LogP contribution in [0.1, 0.15) is 17.5 Å². The standard InChI is InChI=1S/C17H13F3N2O2/c18-17(19,20)24-15-3-1-2-14(10-15)22-16(23)9-8-12-4-6-13(11-21)7-5-12/h1-7,10H,8-9H2,(H,22,23). The number of hydrogen-bond donors (Lipinski definition) is 1. The van der Waals surface area contributed by atoms with E-state index in [-0.39, 0.29) is 18.0 Å². The molecule has 0 heterocycles. The Balaban J connectivity index is 1.90. The molecule has 0 saturated carbocycles. The van der Waals surface area contributed by atoms with Crippen LogP contribution < -0.4 is 10.1 Å². The van der Waals surface area contributed by atoms with Gasteiger partial charge in [0.25, 0.3) is 0 Å². The predicted molar refractivity (Wildman–Crippen MR) is 81.2 cm³/mol. The highest BCUT2D eigenvalue weighted by Crippen LogP contribution is 2.25. The Hall–Kier alpha value is -3.01. The van der Waals surface area contributed by atoms with Crippen LogP contribution in [0.2, 0.25) is 0 Å². The van der Waals surface area contributed by atoms with E-state index < -0.39 is 12.1 Å². The molecule has 0 spiro atoms. The highest BCUT2D eigenvalue weighted by molar-refractivity contribution is 5.91. The lowest BCUT2D eigenvalue weighted by Gasteiger charge is -2.10. The summed E-state index contributed by atoms with van der Waals surface area (Å²) in [6, 6.07) is 13.9. The van der Waals surface area contributed by atoms with E-state index in [1.807, 2.05) is 6.07 Å². The zero-order valence-corrected chi connectivity index (χ0v) is 12.4. The molecule has 2 rings (SSSR count). The molecule has 0 aliphatic heterocycles. The van der Waals surface area contributed by atoms with Crippen molar-refractivity contribution in [2.24, 2.45) is 0 Å². The van der Waals surface area contributed by atoms with Crippen molar-refractivity contribution in [1.29, 1.82) is 5.26 Å². The first-order valence-electron chi connectivity index (χ1n) is 7.00. The number of rotatable bonds is 5. The maximum Gasteiger partial charge on any atom is 0.573 e. The van der Waals surface area contributed by atoms with Gasteiger partial charge in [-0.1, -0.05) is 18.2 Å². The Kier molecular flexibility index (Phi) is 5.42. The number of nitriles is 1. The molecule has 0 bridgehead atoms. The molecule has 0 aliphatic rings. The third-order valence-corrected chi connectivity index (χ3v) is 3.08. The summed E-state index contributed by atoms with van der Waals surface area (Å²) in [7, 11) is 0. The molecule has 24 heavy (non-hydrogen) atoms. The molecule has 0 unspecified atom stereocenters. The number of ether oxygens (including phenoxy) is 1. The Morgan fingerprint density at radius 1 is 1.17 bits per heavy atom. The molecule has 4 nitrogen and oxygen atoms in total. The molecule has 0 fully saturated rings. The molecule has 0 aromatic heterocycles. The number of carbonyl (C=O) groups excluding carboxylic acids is 1. The van der Waals surface area contributed by atoms with Gasteiger partial charge in [-0.15, -0.1) is 13.2 Å². The van der Waals surface area contributed by atoms with Crippen LogP contribution in [0, 0.1) is 11.3 Å². The number of aryl methyl sites for hydroxylation is 1. The summed E-state index contributed by atoms with van der Waals surface area (Å²) in [6.07, 6.45) is -4.16. The van der Waals surface area contributed by atoms with E-state index in [0.717, 1.165) is 17.7 Å². The lowest BCUT2D eigenvalue weighted by molar-refractivity contribution is -0.274. The fraction of sp³-hybridized carbons (Fsp3) is 0.176. The molecule has 0 atom stereocenters. The fourth-order valence-electron chi connectivity index (χ4n) is 2.00. The zero-order chi connectivity index (χ0) is 17.6. The van der Waals surface area contributed by atoms with Crippen molar-refractivity contribution < 1.29 is 22.7 Å². The molecule has 0 radical (unpaired) electrons. The molecular formula is C17H13F3N2O2. The van der Waals surface area contributed by atoms with E-state index in [0.29, 0.717) is 12.0 Å². The smallest absolute Gasteiger partial charge is 0.406 e. The summed E-state index contributed by atoms with van der Waals surface area (Å²) in [4.78, 5) is 11.9. The minimum Gasteiger partial charge on any atom is -0.406 e. The number of alkyl halides is 3. The minimum atomic E-state index is -4.78. The minimum absolute atomic E-state index is 0.163. The van der Waals surface area contributed by atoms with E-state index >= 15 is 0 Å². The van der Waals surface area contributed by atoms with Crippen LogP contribution >= 0.6 is 0 Å². The quantitative estimate of drug-likeness (QED) is 0.898. The van der Waals surface area contributed by atoms with Gasteiger partial charge in [0, 0.05) is 18.2 Å². The van der Waals surface area contributed by atoms with Crippen molar-refractivity contribution in [3.05, 3.63) is 59.7 Å². The first-order chi connectivity index (χ1) is 11.4. The number of amides is 1. The zero-order valence-electron chi connectivity index (χ0n) is 12.4. The van der Waals surface area contributed by atoms with Crippen molar-refractivity contribution in [3.63, 3.8) is 0 Å². The van der Waals surface area contributed by atoms with Gasteiger partial charge in [-0.25, -0.2) is 0 Å². The number of hydrogen-bond acceptors (Lipinski definition) is 3. The van der Waals surface area contributed by atoms with E-state index in [2.05, 4.69) is 10.1 Å². The molecule has 1 amide bonds. The lowest BCUT2D eigenvalue weighted by Crippen LogP contribution is -2.17. The highest BCUT2D eigenvalue weighted by atomic mass is 19.4. The largest absolute Gasteiger partial charge is 0.573 e. The molecule has 2 aromatic rings. The number of benzene rings is 2. The van der Waals surface area contributed by atoms with Gasteiger partial charge in [-0.05, 0) is 36.2 Å². The highest BCUT2D eigenvalue weighted by Gasteiger charge is 2.31. The molecule has 0 aliphatic carbocycles. The van der Waals surface area contributed by atoms with Crippen LogP contribution in [0.25, 0.3) is 0 Å². The van der Waals surface area contributed by atoms with Gasteiger partial charge in [-0.3, -0.25) is 4.79 Å². The third-order valence-electron chi connectivity index (χ3n) is 3.08. The second-order valence-electron chi connectivity index (χ2n) is 4.93. The average molecular weight is 334 g/mol. The van der Waals surface area contributed by atoms with Gasteiger partial charge < -0.3 is 10.1 Å². The normalized spacial score (nSPS) is 10.8. The summed E-state index contributed by atoms with van der Waals surface area (Å²) in [5.41, 5.74) is 1.64. The maximum atomic E-state index is 12.2. The second-order valence-corrected chi connectivity index (χ2v) is 4.93. The van der Waals surface area contributed by atoms with Crippen molar-refractivity contribution in [2.75, 3.05) is 5.32 Å². The summed E-state index contributed by atoms with van der Waals surface area (Å²) in [5.74, 6) is -0.726. The van der Waals surface area contributed by atoms with Crippen LogP contribution in [0.3, 0.4) is 0 Å². The van der Waals surface area contributed by atoms with Crippen LogP contribution in [-0.2, 0) is 11.2 Å². The topological polar surface area (TPSA) is 62.1 Å². The van der Waals surface area contributed by atoms with E-state index in [1.165, 1.54) is 12.1 Å². The summed E-state index contributed by atoms with van der Waals surface area (Å²) in [6.45, 7) is 0. The molecule has 0 saturated heterocycles. The van der Waals surface area contributed by atoms with Crippen LogP contribution in [-0.4, -0.2) is 12.3 Å². The molecule has 124 valence electrons. The second kappa shape index (κ2) is 7.51. The Morgan fingerprint density at radius 2 is 1.88 bits per heavy atom. The first-order valence-corrected chi connectivity index (χ1v) is 7.00. The van der Waals surface area contributed by atoms with Crippen molar-refractivity contribution >= 4 is 11.6 Å². The molecule has 7 heteroatoms. The Morgan fingerprint density at radius 3 is 2.50 bits per heavy atom. The molecule has 2 aromatic carbocycles. The van der Waals surface area contributed by atoms with Crippen LogP contribution in [0.4, 0.5) is 18.9 Å². The monoisotopic (exact) mass is 334 g/mol.